The van der Waals surface area contributed by atoms with E-state index < -0.39 is 60.0 Å². The summed E-state index contributed by atoms with van der Waals surface area (Å²) in [5.74, 6) is -4.55. The summed E-state index contributed by atoms with van der Waals surface area (Å²) in [7, 11) is 0. The molecule has 0 bridgehead atoms. The van der Waals surface area contributed by atoms with Crippen molar-refractivity contribution in [1.82, 2.24) is 5.32 Å². The van der Waals surface area contributed by atoms with Gasteiger partial charge in [0, 0.05) is 0 Å². The molecule has 3 unspecified atom stereocenters. The van der Waals surface area contributed by atoms with Gasteiger partial charge in [-0.15, -0.1) is 0 Å². The van der Waals surface area contributed by atoms with Gasteiger partial charge in [0.15, 0.2) is 17.8 Å². The van der Waals surface area contributed by atoms with Crippen molar-refractivity contribution >= 4 is 30.5 Å². The van der Waals surface area contributed by atoms with Crippen molar-refractivity contribution in [3.8, 4) is 0 Å². The van der Waals surface area contributed by atoms with Crippen molar-refractivity contribution in [2.75, 3.05) is 13.2 Å². The summed E-state index contributed by atoms with van der Waals surface area (Å²) in [4.78, 5) is 30.8. The van der Waals surface area contributed by atoms with Gasteiger partial charge in [-0.05, 0) is 0 Å². The molecule has 23 heavy (non-hydrogen) atoms. The summed E-state index contributed by atoms with van der Waals surface area (Å²) in [6, 6.07) is 0. The average Bonchev–Trinajstić information content (AvgIpc) is 2.72. The zero-order valence-electron chi connectivity index (χ0n) is 12.1. The van der Waals surface area contributed by atoms with Crippen LogP contribution < -0.4 is 10.4 Å². The predicted molar refractivity (Wildman–Crippen MR) is 70.1 cm³/mol. The van der Waals surface area contributed by atoms with Gasteiger partial charge in [0.1, 0.15) is 6.10 Å². The minimum atomic E-state index is -1.42. The summed E-state index contributed by atoms with van der Waals surface area (Å²) < 4.78 is 4.32. The summed E-state index contributed by atoms with van der Waals surface area (Å²) in [5, 5.41) is 46.3. The number of aliphatic hydroxyl groups is 4. The standard InChI is InChI=1S/C6H8O6.C5H9NO3S.Zn/c7-1-2(8)5-3(9)4(10)6(11)12-5;1-3(10)5(9)6-2-4(7)8;/h2,5,7-10H,1H2;3,10H,2H2,1H3,(H,6,9)(H,7,8);/q;;+2/p-2. The fourth-order valence-corrected chi connectivity index (χ4v) is 1.21. The Kier molecular flexibility index (Phi) is 11.7. The third-order valence-corrected chi connectivity index (χ3v) is 2.47. The van der Waals surface area contributed by atoms with Crippen LogP contribution in [0.25, 0.3) is 0 Å². The fourth-order valence-electron chi connectivity index (χ4n) is 1.13. The van der Waals surface area contributed by atoms with Gasteiger partial charge in [0.2, 0.25) is 5.76 Å². The number of carboxylic acid groups (broad SMARTS) is 1. The molecule has 0 aromatic rings. The number of carboxylic acids is 1. The molecule has 0 aromatic carbocycles. The Hall–Kier alpha value is -1.36. The SMILES string of the molecule is CC([S-])C(=O)NCC(=O)[O-].O=C1OC(C(O)CO)C(O)=C1O.[Zn+2]. The van der Waals surface area contributed by atoms with E-state index in [0.717, 1.165) is 0 Å². The largest absolute Gasteiger partial charge is 2.00 e. The molecular weight excluding hydrogens is 388 g/mol. The molecule has 0 saturated heterocycles. The van der Waals surface area contributed by atoms with Crippen molar-refractivity contribution in [2.24, 2.45) is 0 Å². The normalized spacial score (nSPS) is 18.8. The van der Waals surface area contributed by atoms with Gasteiger partial charge in [-0.1, -0.05) is 12.2 Å². The Morgan fingerprint density at radius 3 is 2.26 bits per heavy atom. The number of aliphatic carboxylic acids is 1. The molecule has 0 spiro atoms. The predicted octanol–water partition coefficient (Wildman–Crippen LogP) is -3.62. The third-order valence-electron chi connectivity index (χ3n) is 2.25. The number of carbonyl (C=O) groups excluding carboxylic acids is 3. The van der Waals surface area contributed by atoms with E-state index in [2.05, 4.69) is 22.7 Å². The quantitative estimate of drug-likeness (QED) is 0.175. The first-order chi connectivity index (χ1) is 10.1. The fraction of sp³-hybridized carbons (Fsp3) is 0.545. The molecule has 1 amide bonds. The molecule has 10 nitrogen and oxygen atoms in total. The minimum Gasteiger partial charge on any atom is -0.780 e. The molecular formula is C11H15NO9SZn. The van der Waals surface area contributed by atoms with Gasteiger partial charge < -0.3 is 53.0 Å². The molecule has 0 fully saturated rings. The number of hydrogen-bond acceptors (Lipinski definition) is 10. The van der Waals surface area contributed by atoms with Gasteiger partial charge >= 0.3 is 25.4 Å². The Morgan fingerprint density at radius 2 is 1.96 bits per heavy atom. The van der Waals surface area contributed by atoms with Gasteiger partial charge in [0.05, 0.1) is 19.1 Å². The van der Waals surface area contributed by atoms with Crippen LogP contribution in [-0.4, -0.2) is 68.9 Å². The molecule has 126 valence electrons. The summed E-state index contributed by atoms with van der Waals surface area (Å²) in [5.41, 5.74) is 0. The van der Waals surface area contributed by atoms with E-state index >= 15 is 0 Å². The van der Waals surface area contributed by atoms with Crippen LogP contribution in [0.1, 0.15) is 6.92 Å². The average molecular weight is 403 g/mol. The van der Waals surface area contributed by atoms with Crippen molar-refractivity contribution in [1.29, 1.82) is 0 Å². The molecule has 5 N–H and O–H groups in total. The van der Waals surface area contributed by atoms with Crippen LogP contribution in [0.15, 0.2) is 11.5 Å². The number of carbonyl (C=O) groups is 3. The van der Waals surface area contributed by atoms with E-state index in [4.69, 9.17) is 20.4 Å². The van der Waals surface area contributed by atoms with Crippen LogP contribution in [0.3, 0.4) is 0 Å². The zero-order chi connectivity index (χ0) is 17.4. The number of amides is 1. The molecule has 1 heterocycles. The van der Waals surface area contributed by atoms with Crippen LogP contribution in [0.5, 0.6) is 0 Å². The van der Waals surface area contributed by atoms with Crippen LogP contribution in [0.2, 0.25) is 0 Å². The van der Waals surface area contributed by atoms with Crippen molar-refractivity contribution in [2.45, 2.75) is 24.4 Å². The van der Waals surface area contributed by atoms with E-state index in [0.29, 0.717) is 0 Å². The summed E-state index contributed by atoms with van der Waals surface area (Å²) in [6.07, 6.45) is -2.78. The summed E-state index contributed by atoms with van der Waals surface area (Å²) in [6.45, 7) is 0.356. The number of esters is 1. The smallest absolute Gasteiger partial charge is 0.780 e. The molecule has 0 saturated carbocycles. The van der Waals surface area contributed by atoms with Crippen LogP contribution in [-0.2, 0) is 51.2 Å². The van der Waals surface area contributed by atoms with E-state index in [-0.39, 0.29) is 19.5 Å². The molecule has 1 rings (SSSR count). The molecule has 0 aliphatic carbocycles. The first-order valence-corrected chi connectivity index (χ1v) is 6.34. The number of nitrogens with one attached hydrogen (secondary N) is 1. The first kappa shape index (κ1) is 23.9. The van der Waals surface area contributed by atoms with Crippen molar-refractivity contribution in [3.05, 3.63) is 11.5 Å². The molecule has 0 aromatic heterocycles. The molecule has 1 aliphatic rings. The van der Waals surface area contributed by atoms with Crippen molar-refractivity contribution < 1.29 is 64.1 Å². The van der Waals surface area contributed by atoms with E-state index in [1.165, 1.54) is 6.92 Å². The Balaban J connectivity index is 0. The van der Waals surface area contributed by atoms with Gasteiger partial charge in [-0.25, -0.2) is 4.79 Å². The third kappa shape index (κ3) is 8.17. The van der Waals surface area contributed by atoms with Gasteiger partial charge in [-0.2, -0.15) is 0 Å². The molecule has 1 aliphatic heterocycles. The maximum absolute atomic E-state index is 10.5. The van der Waals surface area contributed by atoms with E-state index in [1.807, 2.05) is 0 Å². The monoisotopic (exact) mass is 401 g/mol. The first-order valence-electron chi connectivity index (χ1n) is 5.87. The Morgan fingerprint density at radius 1 is 1.43 bits per heavy atom. The Bertz CT molecular complexity index is 468. The second-order valence-electron chi connectivity index (χ2n) is 4.04. The number of rotatable bonds is 5. The maximum Gasteiger partial charge on any atom is 2.00 e. The number of ether oxygens (including phenoxy) is 1. The van der Waals surface area contributed by atoms with E-state index in [1.54, 1.807) is 0 Å². The Labute approximate surface area is 149 Å². The molecule has 0 radical (unpaired) electrons. The topological polar surface area (TPSA) is 176 Å². The summed E-state index contributed by atoms with van der Waals surface area (Å²) >= 11 is 4.53. The van der Waals surface area contributed by atoms with Crippen LogP contribution in [0, 0.1) is 0 Å². The minimum absolute atomic E-state index is 0. The maximum atomic E-state index is 10.5. The van der Waals surface area contributed by atoms with Crippen molar-refractivity contribution in [3.63, 3.8) is 0 Å². The second-order valence-corrected chi connectivity index (χ2v) is 4.75. The number of hydrogen-bond donors (Lipinski definition) is 5. The molecule has 3 atom stereocenters. The van der Waals surface area contributed by atoms with E-state index in [9.17, 15) is 19.5 Å². The van der Waals surface area contributed by atoms with Crippen LogP contribution in [0.4, 0.5) is 0 Å². The second kappa shape index (κ2) is 11.2. The van der Waals surface area contributed by atoms with Crippen LogP contribution >= 0.6 is 0 Å². The zero-order valence-corrected chi connectivity index (χ0v) is 15.9. The van der Waals surface area contributed by atoms with Gasteiger partial charge in [0.25, 0.3) is 0 Å². The number of aliphatic hydroxyl groups excluding tert-OH is 4. The molecule has 12 heteroatoms. The van der Waals surface area contributed by atoms with Gasteiger partial charge in [-0.3, -0.25) is 4.79 Å². The number of cyclic esters (lactones) is 1.